The van der Waals surface area contributed by atoms with Gasteiger partial charge < -0.3 is 4.90 Å². The third-order valence-corrected chi connectivity index (χ3v) is 1.35. The van der Waals surface area contributed by atoms with E-state index in [0.717, 1.165) is 0 Å². The summed E-state index contributed by atoms with van der Waals surface area (Å²) in [5.41, 5.74) is 0. The molecule has 0 saturated heterocycles. The first-order valence-electron chi connectivity index (χ1n) is 2.79. The minimum Gasteiger partial charge on any atom is -0.383 e. The molecule has 0 aliphatic heterocycles. The summed E-state index contributed by atoms with van der Waals surface area (Å²) in [7, 11) is 4.01. The summed E-state index contributed by atoms with van der Waals surface area (Å²) in [5.74, 6) is 0. The van der Waals surface area contributed by atoms with Gasteiger partial charge in [-0.25, -0.2) is 0 Å². The first-order chi connectivity index (χ1) is 4.16. The standard InChI is InChI=1S/C7H13NS/c1-5-9-7(2)6-8(3)4/h5-6H,1H2,2-4H3/b7-6-. The van der Waals surface area contributed by atoms with E-state index in [-0.39, 0.29) is 0 Å². The number of allylic oxidation sites excluding steroid dienone is 1. The lowest BCUT2D eigenvalue weighted by Gasteiger charge is -2.05. The second kappa shape index (κ2) is 4.50. The van der Waals surface area contributed by atoms with Gasteiger partial charge in [-0.05, 0) is 12.3 Å². The van der Waals surface area contributed by atoms with Crippen LogP contribution in [0.3, 0.4) is 0 Å². The molecule has 9 heavy (non-hydrogen) atoms. The summed E-state index contributed by atoms with van der Waals surface area (Å²) in [6, 6.07) is 0. The Morgan fingerprint density at radius 3 is 2.44 bits per heavy atom. The van der Waals surface area contributed by atoms with Gasteiger partial charge >= 0.3 is 0 Å². The predicted molar refractivity (Wildman–Crippen MR) is 45.2 cm³/mol. The van der Waals surface area contributed by atoms with Gasteiger partial charge in [0, 0.05) is 25.2 Å². The van der Waals surface area contributed by atoms with Crippen LogP contribution in [0.15, 0.2) is 23.1 Å². The van der Waals surface area contributed by atoms with Crippen molar-refractivity contribution in [2.45, 2.75) is 6.92 Å². The van der Waals surface area contributed by atoms with E-state index in [1.807, 2.05) is 24.4 Å². The molecule has 0 unspecified atom stereocenters. The van der Waals surface area contributed by atoms with E-state index in [1.165, 1.54) is 4.91 Å². The molecule has 1 nitrogen and oxygen atoms in total. The molecule has 0 aromatic heterocycles. The van der Waals surface area contributed by atoms with Gasteiger partial charge in [-0.15, -0.1) is 11.8 Å². The summed E-state index contributed by atoms with van der Waals surface area (Å²) < 4.78 is 0. The highest BCUT2D eigenvalue weighted by molar-refractivity contribution is 8.05. The van der Waals surface area contributed by atoms with Crippen LogP contribution in [0.1, 0.15) is 6.92 Å². The number of thioether (sulfide) groups is 1. The molecule has 2 heteroatoms. The van der Waals surface area contributed by atoms with Crippen LogP contribution >= 0.6 is 11.8 Å². The van der Waals surface area contributed by atoms with Crippen LogP contribution in [0.2, 0.25) is 0 Å². The quantitative estimate of drug-likeness (QED) is 0.596. The second-order valence-corrected chi connectivity index (χ2v) is 3.20. The van der Waals surface area contributed by atoms with Gasteiger partial charge in [0.05, 0.1) is 0 Å². The first kappa shape index (κ1) is 8.63. The molecule has 0 fully saturated rings. The maximum atomic E-state index is 3.61. The number of nitrogens with zero attached hydrogens (tertiary/aromatic N) is 1. The van der Waals surface area contributed by atoms with Crippen molar-refractivity contribution in [2.75, 3.05) is 14.1 Å². The van der Waals surface area contributed by atoms with Crippen LogP contribution in [-0.2, 0) is 0 Å². The van der Waals surface area contributed by atoms with Crippen molar-refractivity contribution in [3.05, 3.63) is 23.1 Å². The number of hydrogen-bond donors (Lipinski definition) is 0. The van der Waals surface area contributed by atoms with Crippen LogP contribution in [0, 0.1) is 0 Å². The van der Waals surface area contributed by atoms with Crippen molar-refractivity contribution in [3.8, 4) is 0 Å². The molecule has 0 N–H and O–H groups in total. The Hall–Kier alpha value is -0.370. The van der Waals surface area contributed by atoms with Crippen LogP contribution in [0.5, 0.6) is 0 Å². The lowest BCUT2D eigenvalue weighted by atomic mass is 10.6. The van der Waals surface area contributed by atoms with Crippen LogP contribution in [0.4, 0.5) is 0 Å². The van der Waals surface area contributed by atoms with Crippen molar-refractivity contribution in [2.24, 2.45) is 0 Å². The summed E-state index contributed by atoms with van der Waals surface area (Å²) in [6.45, 7) is 5.67. The SMILES string of the molecule is C=CS/C(C)=C\N(C)C. The van der Waals surface area contributed by atoms with Gasteiger partial charge in [0.1, 0.15) is 0 Å². The zero-order valence-electron chi connectivity index (χ0n) is 6.22. The molecular formula is C7H13NS. The van der Waals surface area contributed by atoms with Crippen LogP contribution in [0.25, 0.3) is 0 Å². The topological polar surface area (TPSA) is 3.24 Å². The highest BCUT2D eigenvalue weighted by Crippen LogP contribution is 2.14. The first-order valence-corrected chi connectivity index (χ1v) is 3.67. The summed E-state index contributed by atoms with van der Waals surface area (Å²) >= 11 is 1.64. The van der Waals surface area contributed by atoms with Gasteiger partial charge in [0.25, 0.3) is 0 Å². The molecule has 0 radical (unpaired) electrons. The average molecular weight is 143 g/mol. The van der Waals surface area contributed by atoms with E-state index in [0.29, 0.717) is 0 Å². The molecule has 0 aliphatic carbocycles. The Bertz CT molecular complexity index is 116. The number of rotatable bonds is 3. The normalized spacial score (nSPS) is 11.2. The molecule has 0 atom stereocenters. The molecular weight excluding hydrogens is 130 g/mol. The van der Waals surface area contributed by atoms with Crippen molar-refractivity contribution < 1.29 is 0 Å². The molecule has 0 aromatic carbocycles. The largest absolute Gasteiger partial charge is 0.383 e. The molecule has 0 heterocycles. The van der Waals surface area contributed by atoms with E-state index in [2.05, 4.69) is 19.7 Å². The van der Waals surface area contributed by atoms with Crippen molar-refractivity contribution in [1.82, 2.24) is 4.90 Å². The number of hydrogen-bond acceptors (Lipinski definition) is 2. The predicted octanol–water partition coefficient (Wildman–Crippen LogP) is 2.29. The van der Waals surface area contributed by atoms with Crippen molar-refractivity contribution >= 4 is 11.8 Å². The fraction of sp³-hybridized carbons (Fsp3) is 0.429. The Morgan fingerprint density at radius 2 is 2.11 bits per heavy atom. The lowest BCUT2D eigenvalue weighted by Crippen LogP contribution is -2.00. The summed E-state index contributed by atoms with van der Waals surface area (Å²) in [5, 5.41) is 1.83. The zero-order chi connectivity index (χ0) is 7.28. The molecule has 0 aliphatic rings. The Morgan fingerprint density at radius 1 is 1.56 bits per heavy atom. The average Bonchev–Trinajstić information content (AvgIpc) is 1.63. The highest BCUT2D eigenvalue weighted by Gasteiger charge is 1.84. The van der Waals surface area contributed by atoms with Crippen molar-refractivity contribution in [1.29, 1.82) is 0 Å². The van der Waals surface area contributed by atoms with Crippen LogP contribution < -0.4 is 0 Å². The zero-order valence-corrected chi connectivity index (χ0v) is 7.03. The summed E-state index contributed by atoms with van der Waals surface area (Å²) in [4.78, 5) is 3.28. The molecule has 0 aromatic rings. The van der Waals surface area contributed by atoms with E-state index in [1.54, 1.807) is 11.8 Å². The fourth-order valence-corrected chi connectivity index (χ4v) is 1.06. The smallest absolute Gasteiger partial charge is 0.00822 e. The van der Waals surface area contributed by atoms with Gasteiger partial charge in [-0.2, -0.15) is 0 Å². The lowest BCUT2D eigenvalue weighted by molar-refractivity contribution is 0.562. The van der Waals surface area contributed by atoms with Gasteiger partial charge in [0.2, 0.25) is 0 Å². The maximum absolute atomic E-state index is 3.61. The molecule has 0 saturated carbocycles. The molecule has 0 rings (SSSR count). The molecule has 52 valence electrons. The fourth-order valence-electron chi connectivity index (χ4n) is 0.525. The van der Waals surface area contributed by atoms with Gasteiger partial charge in [-0.1, -0.05) is 6.58 Å². The maximum Gasteiger partial charge on any atom is 0.00822 e. The molecule has 0 bridgehead atoms. The molecule has 0 spiro atoms. The van der Waals surface area contributed by atoms with Gasteiger partial charge in [-0.3, -0.25) is 0 Å². The Labute approximate surface area is 61.4 Å². The minimum absolute atomic E-state index is 1.26. The van der Waals surface area contributed by atoms with Crippen LogP contribution in [-0.4, -0.2) is 19.0 Å². The van der Waals surface area contributed by atoms with E-state index >= 15 is 0 Å². The van der Waals surface area contributed by atoms with E-state index in [9.17, 15) is 0 Å². The monoisotopic (exact) mass is 143 g/mol. The minimum atomic E-state index is 1.26. The Balaban J connectivity index is 3.68. The van der Waals surface area contributed by atoms with E-state index < -0.39 is 0 Å². The second-order valence-electron chi connectivity index (χ2n) is 1.99. The third-order valence-electron chi connectivity index (χ3n) is 0.709. The highest BCUT2D eigenvalue weighted by atomic mass is 32.2. The summed E-state index contributed by atoms with van der Waals surface area (Å²) in [6.07, 6.45) is 2.06. The van der Waals surface area contributed by atoms with Gasteiger partial charge in [0.15, 0.2) is 0 Å². The molecule has 0 amide bonds. The third kappa shape index (κ3) is 5.50. The van der Waals surface area contributed by atoms with Crippen molar-refractivity contribution in [3.63, 3.8) is 0 Å². The Kier molecular flexibility index (Phi) is 4.32. The van der Waals surface area contributed by atoms with E-state index in [4.69, 9.17) is 0 Å².